The van der Waals surface area contributed by atoms with E-state index in [1.165, 1.54) is 0 Å². The third-order valence-corrected chi connectivity index (χ3v) is 4.24. The van der Waals surface area contributed by atoms with E-state index in [1.54, 1.807) is 0 Å². The number of unbranched alkanes of at least 4 members (excludes halogenated alkanes) is 1. The SMILES string of the molecule is CCCCNC(=O)N1CCN(c2c(Cl)cccc2Cl)CC1. The van der Waals surface area contributed by atoms with Gasteiger partial charge in [-0.15, -0.1) is 0 Å². The van der Waals surface area contributed by atoms with Crippen LogP contribution in [0.5, 0.6) is 0 Å². The van der Waals surface area contributed by atoms with Crippen LogP contribution >= 0.6 is 23.2 Å². The maximum Gasteiger partial charge on any atom is 0.317 e. The van der Waals surface area contributed by atoms with E-state index in [0.717, 1.165) is 38.2 Å². The molecule has 1 aromatic carbocycles. The molecule has 6 heteroatoms. The van der Waals surface area contributed by atoms with Crippen molar-refractivity contribution in [3.05, 3.63) is 28.2 Å². The predicted molar refractivity (Wildman–Crippen MR) is 88.6 cm³/mol. The van der Waals surface area contributed by atoms with E-state index in [9.17, 15) is 4.79 Å². The monoisotopic (exact) mass is 329 g/mol. The van der Waals surface area contributed by atoms with Crippen molar-refractivity contribution >= 4 is 34.9 Å². The molecule has 0 aliphatic carbocycles. The van der Waals surface area contributed by atoms with Crippen LogP contribution in [0.4, 0.5) is 10.5 Å². The van der Waals surface area contributed by atoms with Gasteiger partial charge in [-0.1, -0.05) is 42.6 Å². The first kappa shape index (κ1) is 16.2. The molecule has 0 spiro atoms. The number of halogens is 2. The molecule has 1 aliphatic heterocycles. The fourth-order valence-electron chi connectivity index (χ4n) is 2.41. The van der Waals surface area contributed by atoms with Crippen molar-refractivity contribution in [1.82, 2.24) is 10.2 Å². The highest BCUT2D eigenvalue weighted by Gasteiger charge is 2.23. The Hall–Kier alpha value is -1.13. The molecule has 1 fully saturated rings. The van der Waals surface area contributed by atoms with Gasteiger partial charge in [0.15, 0.2) is 0 Å². The van der Waals surface area contributed by atoms with E-state index in [0.29, 0.717) is 23.1 Å². The van der Waals surface area contributed by atoms with Crippen molar-refractivity contribution in [2.45, 2.75) is 19.8 Å². The normalized spacial score (nSPS) is 15.2. The van der Waals surface area contributed by atoms with Gasteiger partial charge in [-0.25, -0.2) is 4.79 Å². The number of nitrogens with one attached hydrogen (secondary N) is 1. The van der Waals surface area contributed by atoms with Crippen LogP contribution in [0.25, 0.3) is 0 Å². The number of benzene rings is 1. The molecule has 0 saturated carbocycles. The number of urea groups is 1. The lowest BCUT2D eigenvalue weighted by molar-refractivity contribution is 0.194. The lowest BCUT2D eigenvalue weighted by atomic mass is 10.2. The molecule has 1 heterocycles. The molecular formula is C15H21Cl2N3O. The Balaban J connectivity index is 1.90. The molecular weight excluding hydrogens is 309 g/mol. The fraction of sp³-hybridized carbons (Fsp3) is 0.533. The second-order valence-corrected chi connectivity index (χ2v) is 5.94. The summed E-state index contributed by atoms with van der Waals surface area (Å²) in [5.41, 5.74) is 0.867. The number of hydrogen-bond acceptors (Lipinski definition) is 2. The van der Waals surface area contributed by atoms with Gasteiger partial charge in [0.25, 0.3) is 0 Å². The number of carbonyl (C=O) groups excluding carboxylic acids is 1. The molecule has 0 unspecified atom stereocenters. The first-order valence-electron chi connectivity index (χ1n) is 7.35. The molecule has 1 saturated heterocycles. The highest BCUT2D eigenvalue weighted by Crippen LogP contribution is 2.33. The minimum absolute atomic E-state index is 0.0216. The number of carbonyl (C=O) groups is 1. The minimum Gasteiger partial charge on any atom is -0.366 e. The van der Waals surface area contributed by atoms with Gasteiger partial charge in [-0.05, 0) is 18.6 Å². The first-order chi connectivity index (χ1) is 10.1. The molecule has 1 aliphatic rings. The number of nitrogens with zero attached hydrogens (tertiary/aromatic N) is 2. The van der Waals surface area contributed by atoms with Crippen LogP contribution in [-0.4, -0.2) is 43.7 Å². The highest BCUT2D eigenvalue weighted by molar-refractivity contribution is 6.39. The van der Waals surface area contributed by atoms with Crippen LogP contribution in [0.3, 0.4) is 0 Å². The summed E-state index contributed by atoms with van der Waals surface area (Å²) in [5, 5.41) is 4.26. The van der Waals surface area contributed by atoms with Crippen LogP contribution in [0, 0.1) is 0 Å². The summed E-state index contributed by atoms with van der Waals surface area (Å²) in [7, 11) is 0. The Morgan fingerprint density at radius 2 is 1.81 bits per heavy atom. The molecule has 0 aromatic heterocycles. The van der Waals surface area contributed by atoms with Gasteiger partial charge in [0.1, 0.15) is 0 Å². The van der Waals surface area contributed by atoms with Crippen LogP contribution in [-0.2, 0) is 0 Å². The fourth-order valence-corrected chi connectivity index (χ4v) is 3.04. The average molecular weight is 330 g/mol. The van der Waals surface area contributed by atoms with Gasteiger partial charge in [-0.3, -0.25) is 0 Å². The maximum atomic E-state index is 12.0. The molecule has 4 nitrogen and oxygen atoms in total. The Kier molecular flexibility index (Phi) is 6.00. The summed E-state index contributed by atoms with van der Waals surface area (Å²) < 4.78 is 0. The van der Waals surface area contributed by atoms with Crippen molar-refractivity contribution in [1.29, 1.82) is 0 Å². The van der Waals surface area contributed by atoms with Crippen molar-refractivity contribution < 1.29 is 4.79 Å². The van der Waals surface area contributed by atoms with Gasteiger partial charge < -0.3 is 15.1 Å². The maximum absolute atomic E-state index is 12.0. The van der Waals surface area contributed by atoms with E-state index in [-0.39, 0.29) is 6.03 Å². The van der Waals surface area contributed by atoms with Gasteiger partial charge in [-0.2, -0.15) is 0 Å². The smallest absolute Gasteiger partial charge is 0.317 e. The van der Waals surface area contributed by atoms with Crippen LogP contribution in [0.2, 0.25) is 10.0 Å². The third kappa shape index (κ3) is 4.17. The number of hydrogen-bond donors (Lipinski definition) is 1. The Morgan fingerprint density at radius 1 is 1.19 bits per heavy atom. The summed E-state index contributed by atoms with van der Waals surface area (Å²) in [4.78, 5) is 16.0. The quantitative estimate of drug-likeness (QED) is 0.856. The van der Waals surface area contributed by atoms with E-state index in [2.05, 4.69) is 17.1 Å². The average Bonchev–Trinajstić information content (AvgIpc) is 2.48. The number of para-hydroxylation sites is 1. The summed E-state index contributed by atoms with van der Waals surface area (Å²) in [6.07, 6.45) is 2.10. The summed E-state index contributed by atoms with van der Waals surface area (Å²) >= 11 is 12.5. The molecule has 116 valence electrons. The summed E-state index contributed by atoms with van der Waals surface area (Å²) in [5.74, 6) is 0. The molecule has 0 bridgehead atoms. The lowest BCUT2D eigenvalue weighted by Gasteiger charge is -2.36. The number of rotatable bonds is 4. The van der Waals surface area contributed by atoms with E-state index in [4.69, 9.17) is 23.2 Å². The summed E-state index contributed by atoms with van der Waals surface area (Å²) in [6, 6.07) is 5.54. The zero-order chi connectivity index (χ0) is 15.2. The largest absolute Gasteiger partial charge is 0.366 e. The highest BCUT2D eigenvalue weighted by atomic mass is 35.5. The summed E-state index contributed by atoms with van der Waals surface area (Å²) in [6.45, 7) is 5.69. The standard InChI is InChI=1S/C15H21Cl2N3O/c1-2-3-7-18-15(21)20-10-8-19(9-11-20)14-12(16)5-4-6-13(14)17/h4-6H,2-3,7-11H2,1H3,(H,18,21). The van der Waals surface area contributed by atoms with Crippen molar-refractivity contribution in [3.8, 4) is 0 Å². The molecule has 0 atom stereocenters. The Morgan fingerprint density at radius 3 is 2.38 bits per heavy atom. The van der Waals surface area contributed by atoms with Crippen molar-refractivity contribution in [2.24, 2.45) is 0 Å². The first-order valence-corrected chi connectivity index (χ1v) is 8.10. The van der Waals surface area contributed by atoms with Crippen LogP contribution in [0.1, 0.15) is 19.8 Å². The van der Waals surface area contributed by atoms with Gasteiger partial charge >= 0.3 is 6.03 Å². The third-order valence-electron chi connectivity index (χ3n) is 3.63. The molecule has 1 aromatic rings. The van der Waals surface area contributed by atoms with E-state index in [1.807, 2.05) is 23.1 Å². The van der Waals surface area contributed by atoms with Crippen LogP contribution < -0.4 is 10.2 Å². The zero-order valence-electron chi connectivity index (χ0n) is 12.2. The second kappa shape index (κ2) is 7.76. The van der Waals surface area contributed by atoms with E-state index < -0.39 is 0 Å². The Labute approximate surface area is 136 Å². The zero-order valence-corrected chi connectivity index (χ0v) is 13.8. The lowest BCUT2D eigenvalue weighted by Crippen LogP contribution is -2.52. The van der Waals surface area contributed by atoms with Gasteiger partial charge in [0.2, 0.25) is 0 Å². The molecule has 1 N–H and O–H groups in total. The van der Waals surface area contributed by atoms with E-state index >= 15 is 0 Å². The molecule has 2 rings (SSSR count). The molecule has 0 radical (unpaired) electrons. The van der Waals surface area contributed by atoms with Crippen LogP contribution in [0.15, 0.2) is 18.2 Å². The van der Waals surface area contributed by atoms with Gasteiger partial charge in [0.05, 0.1) is 15.7 Å². The number of piperazine rings is 1. The minimum atomic E-state index is 0.0216. The topological polar surface area (TPSA) is 35.6 Å². The van der Waals surface area contributed by atoms with Crippen molar-refractivity contribution in [2.75, 3.05) is 37.6 Å². The predicted octanol–water partition coefficient (Wildman–Crippen LogP) is 3.63. The Bertz CT molecular complexity index is 468. The van der Waals surface area contributed by atoms with Gasteiger partial charge in [0, 0.05) is 32.7 Å². The molecule has 21 heavy (non-hydrogen) atoms. The number of anilines is 1. The second-order valence-electron chi connectivity index (χ2n) is 5.13. The molecule has 2 amide bonds. The van der Waals surface area contributed by atoms with Crippen molar-refractivity contribution in [3.63, 3.8) is 0 Å². The number of amides is 2.